The minimum Gasteiger partial charge on any atom is -0.371 e. The zero-order valence-electron chi connectivity index (χ0n) is 61.2. The predicted octanol–water partition coefficient (Wildman–Crippen LogP) is 26.7. The monoisotopic (exact) mass is 1330 g/mol. The molecule has 4 heterocycles. The van der Waals surface area contributed by atoms with Crippen molar-refractivity contribution < 1.29 is 0 Å². The van der Waals surface area contributed by atoms with Crippen molar-refractivity contribution >= 4 is 78.6 Å². The molecule has 0 N–H and O–H groups in total. The van der Waals surface area contributed by atoms with Crippen molar-refractivity contribution in [3.8, 4) is 55.9 Å². The molecule has 0 saturated carbocycles. The molecule has 2 aliphatic rings. The van der Waals surface area contributed by atoms with Gasteiger partial charge in [0.25, 0.3) is 0 Å². The van der Waals surface area contributed by atoms with Crippen molar-refractivity contribution in [1.29, 1.82) is 0 Å². The van der Waals surface area contributed by atoms with Crippen LogP contribution in [0.3, 0.4) is 0 Å². The molecule has 0 atom stereocenters. The van der Waals surface area contributed by atoms with Crippen molar-refractivity contribution in [1.82, 2.24) is 9.13 Å². The van der Waals surface area contributed by atoms with Crippen molar-refractivity contribution in [3.63, 3.8) is 0 Å². The van der Waals surface area contributed by atoms with Crippen LogP contribution in [0.2, 0.25) is 0 Å². The SMILES string of the molecule is C=Cc1c(C(C)C)n(-c2cccc(N(c3cc(N(c4cccc(-n5c6ccc(C(C)(C)C)cc6c6cc(C(C)(C)C)ccc65)c4)c4c(-c5ccccc5)cccc4-c4ccccc4)c4c5c3CCCN5CCC4)c3c(-c4ccccc4)cccc3-c3ccccc3)c2)c2ccc(C(C)(C)C)cc12. The van der Waals surface area contributed by atoms with E-state index in [0.29, 0.717) is 0 Å². The lowest BCUT2D eigenvalue weighted by atomic mass is 9.85. The van der Waals surface area contributed by atoms with Crippen molar-refractivity contribution in [2.24, 2.45) is 0 Å². The van der Waals surface area contributed by atoms with Crippen LogP contribution in [0.1, 0.15) is 134 Å². The fourth-order valence-corrected chi connectivity index (χ4v) is 16.6. The van der Waals surface area contributed by atoms with E-state index in [0.717, 1.165) is 117 Å². The lowest BCUT2D eigenvalue weighted by Crippen LogP contribution is -2.36. The maximum atomic E-state index is 4.53. The molecule has 12 aromatic carbocycles. The van der Waals surface area contributed by atoms with Crippen molar-refractivity contribution in [3.05, 3.63) is 313 Å². The number of hydrogen-bond donors (Lipinski definition) is 0. The molecule has 5 heteroatoms. The number of fused-ring (bicyclic) bond motifs is 4. The Morgan fingerprint density at radius 2 is 0.725 bits per heavy atom. The van der Waals surface area contributed by atoms with Gasteiger partial charge >= 0.3 is 0 Å². The molecular weight excluding hydrogens is 1240 g/mol. The van der Waals surface area contributed by atoms with Gasteiger partial charge in [0.1, 0.15) is 0 Å². The van der Waals surface area contributed by atoms with Gasteiger partial charge in [-0.15, -0.1) is 0 Å². The molecule has 0 fully saturated rings. The van der Waals surface area contributed by atoms with Crippen LogP contribution in [-0.2, 0) is 29.1 Å². The highest BCUT2D eigenvalue weighted by Crippen LogP contribution is 2.57. The fraction of sp³-hybridized carbons (Fsp3) is 0.216. The molecule has 5 nitrogen and oxygen atoms in total. The van der Waals surface area contributed by atoms with Crippen LogP contribution in [0.5, 0.6) is 0 Å². The number of para-hydroxylation sites is 2. The Morgan fingerprint density at radius 1 is 0.373 bits per heavy atom. The second-order valence-electron chi connectivity index (χ2n) is 31.8. The number of aromatic nitrogens is 2. The number of nitrogens with zero attached hydrogens (tertiary/aromatic N) is 5. The highest BCUT2D eigenvalue weighted by atomic mass is 15.2. The molecule has 0 saturated heterocycles. The lowest BCUT2D eigenvalue weighted by molar-refractivity contribution is 0.590. The molecule has 16 rings (SSSR count). The molecule has 0 bridgehead atoms. The minimum absolute atomic E-state index is 0.0374. The summed E-state index contributed by atoms with van der Waals surface area (Å²) in [5.74, 6) is 0.187. The molecule has 0 unspecified atom stereocenters. The van der Waals surface area contributed by atoms with E-state index in [1.54, 1.807) is 0 Å². The second kappa shape index (κ2) is 25.9. The van der Waals surface area contributed by atoms with Crippen LogP contribution < -0.4 is 14.7 Å². The topological polar surface area (TPSA) is 19.6 Å². The van der Waals surface area contributed by atoms with E-state index in [9.17, 15) is 0 Å². The first kappa shape index (κ1) is 65.7. The Hall–Kier alpha value is -10.9. The van der Waals surface area contributed by atoms with Crippen LogP contribution in [0.15, 0.2) is 273 Å². The first-order chi connectivity index (χ1) is 49.3. The van der Waals surface area contributed by atoms with E-state index >= 15 is 0 Å². The number of benzene rings is 12. The summed E-state index contributed by atoms with van der Waals surface area (Å²) in [5.41, 5.74) is 32.2. The molecular formula is C97H93N5. The van der Waals surface area contributed by atoms with Crippen LogP contribution in [0, 0.1) is 0 Å². The van der Waals surface area contributed by atoms with E-state index in [4.69, 9.17) is 0 Å². The van der Waals surface area contributed by atoms with Gasteiger partial charge in [0.05, 0.1) is 39.3 Å². The summed E-state index contributed by atoms with van der Waals surface area (Å²) in [7, 11) is 0. The quantitative estimate of drug-likeness (QED) is 0.108. The van der Waals surface area contributed by atoms with Gasteiger partial charge < -0.3 is 23.8 Å². The Bertz CT molecular complexity index is 5320. The molecule has 0 amide bonds. The lowest BCUT2D eigenvalue weighted by Gasteiger charge is -2.43. The third-order valence-corrected chi connectivity index (χ3v) is 21.7. The highest BCUT2D eigenvalue weighted by molar-refractivity contribution is 6.11. The Morgan fingerprint density at radius 3 is 1.09 bits per heavy atom. The van der Waals surface area contributed by atoms with Gasteiger partial charge in [-0.2, -0.15) is 0 Å². The predicted molar refractivity (Wildman–Crippen MR) is 438 cm³/mol. The number of hydrogen-bond acceptors (Lipinski definition) is 3. The maximum absolute atomic E-state index is 4.53. The van der Waals surface area contributed by atoms with Gasteiger partial charge in [-0.1, -0.05) is 277 Å². The van der Waals surface area contributed by atoms with Gasteiger partial charge in [-0.05, 0) is 166 Å². The maximum Gasteiger partial charge on any atom is 0.0618 e. The summed E-state index contributed by atoms with van der Waals surface area (Å²) in [5, 5.41) is 3.77. The summed E-state index contributed by atoms with van der Waals surface area (Å²) in [6.45, 7) is 32.1. The first-order valence-electron chi connectivity index (χ1n) is 37.0. The van der Waals surface area contributed by atoms with Gasteiger partial charge in [0.2, 0.25) is 0 Å². The van der Waals surface area contributed by atoms with Crippen molar-refractivity contribution in [2.45, 2.75) is 124 Å². The average molecular weight is 1330 g/mol. The van der Waals surface area contributed by atoms with Gasteiger partial charge in [-0.25, -0.2) is 0 Å². The second-order valence-corrected chi connectivity index (χ2v) is 31.8. The standard InChI is InChI=1S/C97H93N5/c1-13-76-83-58-69(95(4,5)6)52-55-88(83)100(91(76)64(2)3)73-41-27-43-75(62-73)102(94-79(67-36-22-16-23-37-67)46-29-47-80(94)68-38-24-17-25-39-68)90-63-89(81-48-30-56-98-57-31-49-82(90)92(81)98)101(93-77(65-32-18-14-19-33-65)44-28-45-78(93)66-34-20-15-21-35-66)74-42-26-40-72(61-74)99-86-53-50-70(96(7,8)9)59-84(86)85-60-71(97(10,11)12)51-54-87(85)99/h13-29,32-47,50-55,58-64H,1,30-31,48-49,56-57H2,2-12H3. The zero-order valence-corrected chi connectivity index (χ0v) is 61.2. The van der Waals surface area contributed by atoms with Crippen LogP contribution in [0.25, 0.3) is 94.7 Å². The van der Waals surface area contributed by atoms with E-state index in [1.807, 2.05) is 0 Å². The molecule has 506 valence electrons. The number of rotatable bonds is 14. The zero-order chi connectivity index (χ0) is 70.3. The van der Waals surface area contributed by atoms with Crippen LogP contribution >= 0.6 is 0 Å². The molecule has 14 aromatic rings. The average Bonchev–Trinajstić information content (AvgIpc) is 1.68. The summed E-state index contributed by atoms with van der Waals surface area (Å²) in [6.07, 6.45) is 6.02. The Balaban J connectivity index is 1.04. The summed E-state index contributed by atoms with van der Waals surface area (Å²) < 4.78 is 5.08. The Labute approximate surface area is 604 Å². The van der Waals surface area contributed by atoms with Crippen LogP contribution in [0.4, 0.5) is 39.8 Å². The molecule has 0 radical (unpaired) electrons. The first-order valence-corrected chi connectivity index (χ1v) is 37.0. The van der Waals surface area contributed by atoms with E-state index in [1.165, 1.54) is 88.8 Å². The van der Waals surface area contributed by atoms with Crippen LogP contribution in [-0.4, -0.2) is 22.2 Å². The smallest absolute Gasteiger partial charge is 0.0618 e. The molecule has 0 spiro atoms. The fourth-order valence-electron chi connectivity index (χ4n) is 16.6. The van der Waals surface area contributed by atoms with Gasteiger partial charge in [0, 0.05) is 102 Å². The van der Waals surface area contributed by atoms with Gasteiger partial charge in [-0.3, -0.25) is 0 Å². The third kappa shape index (κ3) is 11.6. The molecule has 102 heavy (non-hydrogen) atoms. The van der Waals surface area contributed by atoms with E-state index in [-0.39, 0.29) is 22.2 Å². The summed E-state index contributed by atoms with van der Waals surface area (Å²) >= 11 is 0. The van der Waals surface area contributed by atoms with E-state index in [2.05, 4.69) is 380 Å². The normalized spacial score (nSPS) is 13.3. The van der Waals surface area contributed by atoms with Crippen molar-refractivity contribution in [2.75, 3.05) is 27.8 Å². The minimum atomic E-state index is -0.0387. The Kier molecular flexibility index (Phi) is 16.7. The highest BCUT2D eigenvalue weighted by Gasteiger charge is 2.37. The largest absolute Gasteiger partial charge is 0.371 e. The molecule has 0 aliphatic carbocycles. The summed E-state index contributed by atoms with van der Waals surface area (Å²) in [4.78, 5) is 8.16. The molecule has 2 aliphatic heterocycles. The summed E-state index contributed by atoms with van der Waals surface area (Å²) in [6, 6.07) is 102. The number of anilines is 7. The van der Waals surface area contributed by atoms with E-state index < -0.39 is 0 Å². The van der Waals surface area contributed by atoms with Gasteiger partial charge in [0.15, 0.2) is 0 Å². The third-order valence-electron chi connectivity index (χ3n) is 21.7. The molecule has 2 aromatic heterocycles.